The highest BCUT2D eigenvalue weighted by molar-refractivity contribution is 6.02. The molecule has 20 heavy (non-hydrogen) atoms. The van der Waals surface area contributed by atoms with E-state index in [0.717, 1.165) is 17.1 Å². The van der Waals surface area contributed by atoms with Crippen LogP contribution in [0.1, 0.15) is 17.0 Å². The van der Waals surface area contributed by atoms with E-state index in [1.807, 2.05) is 60.9 Å². The third kappa shape index (κ3) is 2.74. The molecule has 3 N–H and O–H groups in total. The second-order valence-corrected chi connectivity index (χ2v) is 4.76. The summed E-state index contributed by atoms with van der Waals surface area (Å²) in [5.74, 6) is 0.105. The van der Waals surface area contributed by atoms with Crippen molar-refractivity contribution in [1.29, 1.82) is 0 Å². The summed E-state index contributed by atoms with van der Waals surface area (Å²) in [6.07, 6.45) is 0. The predicted molar refractivity (Wildman–Crippen MR) is 79.0 cm³/mol. The number of nitrogens with zero attached hydrogens (tertiary/aromatic N) is 4. The van der Waals surface area contributed by atoms with Crippen LogP contribution in [0.15, 0.2) is 35.5 Å². The highest BCUT2D eigenvalue weighted by atomic mass is 16.4. The van der Waals surface area contributed by atoms with E-state index in [0.29, 0.717) is 12.1 Å². The van der Waals surface area contributed by atoms with Gasteiger partial charge in [-0.05, 0) is 25.1 Å². The molecule has 2 rings (SSSR count). The van der Waals surface area contributed by atoms with Gasteiger partial charge in [-0.1, -0.05) is 17.3 Å². The number of anilines is 1. The molecule has 0 unspecified atom stereocenters. The molecule has 2 aromatic rings. The maximum atomic E-state index is 8.86. The molecule has 0 radical (unpaired) electrons. The minimum Gasteiger partial charge on any atom is -0.409 e. The average molecular weight is 273 g/mol. The van der Waals surface area contributed by atoms with Crippen LogP contribution in [0, 0.1) is 6.92 Å². The Hall–Kier alpha value is -2.50. The van der Waals surface area contributed by atoms with Crippen LogP contribution in [0.5, 0.6) is 0 Å². The van der Waals surface area contributed by atoms with Gasteiger partial charge in [-0.3, -0.25) is 4.68 Å². The van der Waals surface area contributed by atoms with E-state index in [2.05, 4.69) is 10.3 Å². The van der Waals surface area contributed by atoms with Crippen LogP contribution in [-0.2, 0) is 13.6 Å². The van der Waals surface area contributed by atoms with Crippen molar-refractivity contribution < 1.29 is 5.21 Å². The van der Waals surface area contributed by atoms with Gasteiger partial charge < -0.3 is 15.8 Å². The van der Waals surface area contributed by atoms with Gasteiger partial charge in [0.1, 0.15) is 0 Å². The van der Waals surface area contributed by atoms with Crippen LogP contribution in [0.2, 0.25) is 0 Å². The number of hydrogen-bond donors (Lipinski definition) is 2. The summed E-state index contributed by atoms with van der Waals surface area (Å²) in [7, 11) is 3.89. The standard InChI is InChI=1S/C14H19N5O/c1-10-8-11(19(3)16-10)9-18(2)13-7-5-4-6-12(13)14(15)17-20/h4-8,20H,9H2,1-3H3,(H2,15,17). The van der Waals surface area contributed by atoms with E-state index < -0.39 is 0 Å². The normalized spacial score (nSPS) is 11.7. The molecule has 106 valence electrons. The zero-order valence-electron chi connectivity index (χ0n) is 11.9. The minimum absolute atomic E-state index is 0.105. The van der Waals surface area contributed by atoms with Crippen LogP contribution < -0.4 is 10.6 Å². The Balaban J connectivity index is 2.30. The summed E-state index contributed by atoms with van der Waals surface area (Å²) in [5.41, 5.74) is 9.41. The monoisotopic (exact) mass is 273 g/mol. The Morgan fingerprint density at radius 2 is 2.15 bits per heavy atom. The number of oxime groups is 1. The molecule has 0 fully saturated rings. The fourth-order valence-electron chi connectivity index (χ4n) is 2.22. The molecule has 6 heteroatoms. The number of benzene rings is 1. The summed E-state index contributed by atoms with van der Waals surface area (Å²) in [5, 5.41) is 16.3. The smallest absolute Gasteiger partial charge is 0.172 e. The number of para-hydroxylation sites is 1. The van der Waals surface area contributed by atoms with Crippen molar-refractivity contribution in [3.8, 4) is 0 Å². The maximum Gasteiger partial charge on any atom is 0.172 e. The highest BCUT2D eigenvalue weighted by Gasteiger charge is 2.12. The largest absolute Gasteiger partial charge is 0.409 e. The fraction of sp³-hybridized carbons (Fsp3) is 0.286. The molecule has 0 saturated heterocycles. The number of aromatic nitrogens is 2. The van der Waals surface area contributed by atoms with Gasteiger partial charge in [0.25, 0.3) is 0 Å². The predicted octanol–water partition coefficient (Wildman–Crippen LogP) is 1.46. The molecule has 0 aliphatic carbocycles. The van der Waals surface area contributed by atoms with Gasteiger partial charge in [0.2, 0.25) is 0 Å². The van der Waals surface area contributed by atoms with Gasteiger partial charge >= 0.3 is 0 Å². The van der Waals surface area contributed by atoms with Crippen molar-refractivity contribution in [1.82, 2.24) is 9.78 Å². The molecule has 0 aliphatic rings. The van der Waals surface area contributed by atoms with Crippen LogP contribution in [0.25, 0.3) is 0 Å². The van der Waals surface area contributed by atoms with Crippen molar-refractivity contribution in [3.05, 3.63) is 47.3 Å². The van der Waals surface area contributed by atoms with E-state index in [1.54, 1.807) is 0 Å². The Labute approximate surface area is 118 Å². The van der Waals surface area contributed by atoms with Crippen molar-refractivity contribution >= 4 is 11.5 Å². The van der Waals surface area contributed by atoms with E-state index in [-0.39, 0.29) is 5.84 Å². The van der Waals surface area contributed by atoms with Crippen LogP contribution in [-0.4, -0.2) is 27.9 Å². The third-order valence-corrected chi connectivity index (χ3v) is 3.20. The van der Waals surface area contributed by atoms with E-state index in [4.69, 9.17) is 10.9 Å². The van der Waals surface area contributed by atoms with Crippen LogP contribution in [0.3, 0.4) is 0 Å². The Morgan fingerprint density at radius 1 is 1.45 bits per heavy atom. The summed E-state index contributed by atoms with van der Waals surface area (Å²) < 4.78 is 1.86. The van der Waals surface area contributed by atoms with Crippen molar-refractivity contribution in [3.63, 3.8) is 0 Å². The van der Waals surface area contributed by atoms with Crippen LogP contribution in [0.4, 0.5) is 5.69 Å². The summed E-state index contributed by atoms with van der Waals surface area (Å²) >= 11 is 0. The van der Waals surface area contributed by atoms with Gasteiger partial charge in [0, 0.05) is 25.3 Å². The lowest BCUT2D eigenvalue weighted by molar-refractivity contribution is 0.318. The summed E-state index contributed by atoms with van der Waals surface area (Å²) in [6, 6.07) is 9.60. The first kappa shape index (κ1) is 13.9. The Kier molecular flexibility index (Phi) is 3.93. The van der Waals surface area contributed by atoms with Gasteiger partial charge in [0.05, 0.1) is 17.9 Å². The van der Waals surface area contributed by atoms with E-state index >= 15 is 0 Å². The topological polar surface area (TPSA) is 79.7 Å². The first-order chi connectivity index (χ1) is 9.52. The molecule has 0 spiro atoms. The molecule has 6 nitrogen and oxygen atoms in total. The van der Waals surface area contributed by atoms with Crippen LogP contribution >= 0.6 is 0 Å². The fourth-order valence-corrected chi connectivity index (χ4v) is 2.22. The summed E-state index contributed by atoms with van der Waals surface area (Å²) in [4.78, 5) is 2.05. The number of amidine groups is 1. The molecule has 0 amide bonds. The molecule has 0 atom stereocenters. The van der Waals surface area contributed by atoms with Crippen molar-refractivity contribution in [2.75, 3.05) is 11.9 Å². The maximum absolute atomic E-state index is 8.86. The molecular weight excluding hydrogens is 254 g/mol. The van der Waals surface area contributed by atoms with E-state index in [1.165, 1.54) is 0 Å². The van der Waals surface area contributed by atoms with Gasteiger partial charge in [-0.2, -0.15) is 5.10 Å². The van der Waals surface area contributed by atoms with Gasteiger partial charge in [0.15, 0.2) is 5.84 Å². The third-order valence-electron chi connectivity index (χ3n) is 3.20. The lowest BCUT2D eigenvalue weighted by Crippen LogP contribution is -2.23. The van der Waals surface area contributed by atoms with Crippen molar-refractivity contribution in [2.24, 2.45) is 17.9 Å². The van der Waals surface area contributed by atoms with Gasteiger partial charge in [-0.15, -0.1) is 0 Å². The zero-order valence-corrected chi connectivity index (χ0v) is 11.9. The Morgan fingerprint density at radius 3 is 2.75 bits per heavy atom. The van der Waals surface area contributed by atoms with Crippen molar-refractivity contribution in [2.45, 2.75) is 13.5 Å². The molecule has 1 aromatic heterocycles. The lowest BCUT2D eigenvalue weighted by Gasteiger charge is -2.22. The molecule has 0 bridgehead atoms. The average Bonchev–Trinajstić information content (AvgIpc) is 2.76. The number of aryl methyl sites for hydroxylation is 2. The molecular formula is C14H19N5O. The number of hydrogen-bond acceptors (Lipinski definition) is 4. The lowest BCUT2D eigenvalue weighted by atomic mass is 10.1. The molecule has 1 aromatic carbocycles. The number of rotatable bonds is 4. The SMILES string of the molecule is Cc1cc(CN(C)c2ccccc2/C(N)=N/O)n(C)n1. The first-order valence-electron chi connectivity index (χ1n) is 6.30. The highest BCUT2D eigenvalue weighted by Crippen LogP contribution is 2.21. The second-order valence-electron chi connectivity index (χ2n) is 4.76. The number of nitrogens with two attached hydrogens (primary N) is 1. The van der Waals surface area contributed by atoms with E-state index in [9.17, 15) is 0 Å². The molecule has 0 saturated carbocycles. The zero-order chi connectivity index (χ0) is 14.7. The Bertz CT molecular complexity index is 632. The first-order valence-corrected chi connectivity index (χ1v) is 6.30. The van der Waals surface area contributed by atoms with Gasteiger partial charge in [-0.25, -0.2) is 0 Å². The minimum atomic E-state index is 0.105. The molecule has 1 heterocycles. The summed E-state index contributed by atoms with van der Waals surface area (Å²) in [6.45, 7) is 2.65. The second kappa shape index (κ2) is 5.64. The quantitative estimate of drug-likeness (QED) is 0.382. The molecule has 0 aliphatic heterocycles.